The second-order valence-electron chi connectivity index (χ2n) is 4.96. The van der Waals surface area contributed by atoms with Gasteiger partial charge in [-0.2, -0.15) is 11.8 Å². The van der Waals surface area contributed by atoms with Gasteiger partial charge in [0.25, 0.3) is 5.91 Å². The Morgan fingerprint density at radius 1 is 1.47 bits per heavy atom. The van der Waals surface area contributed by atoms with Gasteiger partial charge in [0.1, 0.15) is 11.4 Å². The van der Waals surface area contributed by atoms with Gasteiger partial charge in [-0.3, -0.25) is 9.89 Å². The summed E-state index contributed by atoms with van der Waals surface area (Å²) in [4.78, 5) is 27.5. The van der Waals surface area contributed by atoms with Crippen molar-refractivity contribution in [3.8, 4) is 0 Å². The number of rotatable bonds is 4. The van der Waals surface area contributed by atoms with Crippen LogP contribution in [-0.2, 0) is 4.79 Å². The molecule has 1 atom stereocenters. The number of aliphatic carboxylic acids is 1. The monoisotopic (exact) mass is 282 g/mol. The number of amides is 1. The number of aromatic amines is 1. The summed E-state index contributed by atoms with van der Waals surface area (Å²) in [5.74, 6) is 0.720. The maximum atomic E-state index is 12.0. The van der Waals surface area contributed by atoms with E-state index >= 15 is 0 Å². The smallest absolute Gasteiger partial charge is 0.330 e. The van der Waals surface area contributed by atoms with Crippen LogP contribution < -0.4 is 5.32 Å². The number of thioether (sulfide) groups is 1. The molecule has 19 heavy (non-hydrogen) atoms. The Kier molecular flexibility index (Phi) is 2.96. The standard InChI is InChI=1S/C11H14N4O3S/c16-9(8-12-7(14-15-8)6-1-2-6)13-11(10(17)18)3-4-19-5-11/h6H,1-5H2,(H,13,16)(H,17,18)(H,12,14,15). The van der Waals surface area contributed by atoms with Crippen molar-refractivity contribution in [3.63, 3.8) is 0 Å². The SMILES string of the molecule is O=C(NC1(C(=O)O)CCSC1)c1n[nH]c(C2CC2)n1. The molecule has 2 fully saturated rings. The highest BCUT2D eigenvalue weighted by molar-refractivity contribution is 7.99. The molecule has 2 heterocycles. The largest absolute Gasteiger partial charge is 0.479 e. The first-order valence-electron chi connectivity index (χ1n) is 6.17. The first-order chi connectivity index (χ1) is 9.11. The van der Waals surface area contributed by atoms with Crippen LogP contribution in [0.1, 0.15) is 41.6 Å². The minimum Gasteiger partial charge on any atom is -0.479 e. The third kappa shape index (κ3) is 2.32. The first-order valence-corrected chi connectivity index (χ1v) is 7.32. The summed E-state index contributed by atoms with van der Waals surface area (Å²) >= 11 is 1.52. The van der Waals surface area contributed by atoms with E-state index in [1.54, 1.807) is 0 Å². The predicted octanol–water partition coefficient (Wildman–Crippen LogP) is 0.372. The number of hydrogen-bond acceptors (Lipinski definition) is 5. The van der Waals surface area contributed by atoms with Crippen molar-refractivity contribution in [2.45, 2.75) is 30.7 Å². The zero-order chi connectivity index (χ0) is 13.5. The summed E-state index contributed by atoms with van der Waals surface area (Å²) in [6, 6.07) is 0. The molecule has 1 aliphatic heterocycles. The van der Waals surface area contributed by atoms with E-state index in [-0.39, 0.29) is 5.82 Å². The molecule has 2 aliphatic rings. The van der Waals surface area contributed by atoms with E-state index < -0.39 is 17.4 Å². The van der Waals surface area contributed by atoms with Gasteiger partial charge in [0, 0.05) is 11.7 Å². The molecule has 7 nitrogen and oxygen atoms in total. The molecule has 102 valence electrons. The summed E-state index contributed by atoms with van der Waals surface area (Å²) in [7, 11) is 0. The average Bonchev–Trinajstić information content (AvgIpc) is 2.93. The van der Waals surface area contributed by atoms with Crippen molar-refractivity contribution >= 4 is 23.6 Å². The zero-order valence-corrected chi connectivity index (χ0v) is 11.0. The molecule has 1 aliphatic carbocycles. The molecule has 1 aromatic rings. The topological polar surface area (TPSA) is 108 Å². The number of carboxylic acids is 1. The van der Waals surface area contributed by atoms with Crippen LogP contribution in [0.15, 0.2) is 0 Å². The minimum atomic E-state index is -1.18. The molecule has 3 N–H and O–H groups in total. The molecule has 3 rings (SSSR count). The number of hydrogen-bond donors (Lipinski definition) is 3. The maximum Gasteiger partial charge on any atom is 0.330 e. The quantitative estimate of drug-likeness (QED) is 0.736. The number of aromatic nitrogens is 3. The van der Waals surface area contributed by atoms with Gasteiger partial charge < -0.3 is 10.4 Å². The second-order valence-corrected chi connectivity index (χ2v) is 6.07. The van der Waals surface area contributed by atoms with Crippen LogP contribution in [0.5, 0.6) is 0 Å². The fraction of sp³-hybridized carbons (Fsp3) is 0.636. The van der Waals surface area contributed by atoms with E-state index in [1.165, 1.54) is 11.8 Å². The lowest BCUT2D eigenvalue weighted by atomic mass is 9.99. The van der Waals surface area contributed by atoms with Gasteiger partial charge >= 0.3 is 5.97 Å². The van der Waals surface area contributed by atoms with E-state index in [0.717, 1.165) is 24.4 Å². The molecule has 1 aromatic heterocycles. The fourth-order valence-electron chi connectivity index (χ4n) is 2.07. The normalized spacial score (nSPS) is 26.3. The lowest BCUT2D eigenvalue weighted by Gasteiger charge is -2.23. The maximum absolute atomic E-state index is 12.0. The van der Waals surface area contributed by atoms with Gasteiger partial charge in [-0.25, -0.2) is 9.78 Å². The lowest BCUT2D eigenvalue weighted by Crippen LogP contribution is -2.55. The number of nitrogens with one attached hydrogen (secondary N) is 2. The molecular weight excluding hydrogens is 268 g/mol. The summed E-state index contributed by atoms with van der Waals surface area (Å²) in [5, 5.41) is 18.5. The predicted molar refractivity (Wildman–Crippen MR) is 68.1 cm³/mol. The van der Waals surface area contributed by atoms with Crippen LogP contribution >= 0.6 is 11.8 Å². The Hall–Kier alpha value is -1.57. The second kappa shape index (κ2) is 4.52. The number of carbonyl (C=O) groups excluding carboxylic acids is 1. The highest BCUT2D eigenvalue weighted by atomic mass is 32.2. The Morgan fingerprint density at radius 3 is 2.84 bits per heavy atom. The third-order valence-electron chi connectivity index (χ3n) is 3.45. The van der Waals surface area contributed by atoms with Gasteiger partial charge in [0.2, 0.25) is 5.82 Å². The molecular formula is C11H14N4O3S. The minimum absolute atomic E-state index is 0.0272. The van der Waals surface area contributed by atoms with Crippen molar-refractivity contribution < 1.29 is 14.7 Å². The number of carboxylic acid groups (broad SMARTS) is 1. The van der Waals surface area contributed by atoms with Crippen molar-refractivity contribution in [1.29, 1.82) is 0 Å². The summed E-state index contributed by atoms with van der Waals surface area (Å²) in [6.45, 7) is 0. The fourth-order valence-corrected chi connectivity index (χ4v) is 3.40. The summed E-state index contributed by atoms with van der Waals surface area (Å²) in [5.41, 5.74) is -1.18. The number of H-pyrrole nitrogens is 1. The lowest BCUT2D eigenvalue weighted by molar-refractivity contribution is -0.143. The molecule has 1 saturated carbocycles. The molecule has 1 saturated heterocycles. The Balaban J connectivity index is 1.73. The van der Waals surface area contributed by atoms with Gasteiger partial charge in [-0.15, -0.1) is 5.10 Å². The van der Waals surface area contributed by atoms with Crippen LogP contribution in [0.2, 0.25) is 0 Å². The zero-order valence-electron chi connectivity index (χ0n) is 10.2. The third-order valence-corrected chi connectivity index (χ3v) is 4.64. The van der Waals surface area contributed by atoms with E-state index in [1.807, 2.05) is 0 Å². The molecule has 0 bridgehead atoms. The summed E-state index contributed by atoms with van der Waals surface area (Å²) < 4.78 is 0. The van der Waals surface area contributed by atoms with Crippen LogP contribution in [0.4, 0.5) is 0 Å². The molecule has 1 amide bonds. The van der Waals surface area contributed by atoms with E-state index in [0.29, 0.717) is 18.1 Å². The molecule has 0 spiro atoms. The summed E-state index contributed by atoms with van der Waals surface area (Å²) in [6.07, 6.45) is 2.55. The van der Waals surface area contributed by atoms with Gasteiger partial charge in [0.15, 0.2) is 0 Å². The highest BCUT2D eigenvalue weighted by Crippen LogP contribution is 2.37. The molecule has 1 unspecified atom stereocenters. The number of carbonyl (C=O) groups is 2. The van der Waals surface area contributed by atoms with Crippen LogP contribution in [0.25, 0.3) is 0 Å². The highest BCUT2D eigenvalue weighted by Gasteiger charge is 2.44. The Labute approximate surface area is 113 Å². The Bertz CT molecular complexity index is 520. The van der Waals surface area contributed by atoms with Crippen molar-refractivity contribution in [3.05, 3.63) is 11.6 Å². The first kappa shape index (κ1) is 12.5. The van der Waals surface area contributed by atoms with Gasteiger partial charge in [-0.1, -0.05) is 0 Å². The van der Waals surface area contributed by atoms with Gasteiger partial charge in [-0.05, 0) is 25.0 Å². The van der Waals surface area contributed by atoms with Crippen molar-refractivity contribution in [2.24, 2.45) is 0 Å². The molecule has 8 heteroatoms. The van der Waals surface area contributed by atoms with Crippen LogP contribution in [-0.4, -0.2) is 49.2 Å². The van der Waals surface area contributed by atoms with Crippen LogP contribution in [0, 0.1) is 0 Å². The van der Waals surface area contributed by atoms with Crippen molar-refractivity contribution in [2.75, 3.05) is 11.5 Å². The van der Waals surface area contributed by atoms with Gasteiger partial charge in [0.05, 0.1) is 0 Å². The molecule has 0 aromatic carbocycles. The van der Waals surface area contributed by atoms with E-state index in [9.17, 15) is 14.7 Å². The van der Waals surface area contributed by atoms with Crippen LogP contribution in [0.3, 0.4) is 0 Å². The van der Waals surface area contributed by atoms with Crippen molar-refractivity contribution in [1.82, 2.24) is 20.5 Å². The van der Waals surface area contributed by atoms with E-state index in [2.05, 4.69) is 20.5 Å². The number of nitrogens with zero attached hydrogens (tertiary/aromatic N) is 2. The molecule has 0 radical (unpaired) electrons. The Morgan fingerprint density at radius 2 is 2.26 bits per heavy atom. The van der Waals surface area contributed by atoms with E-state index in [4.69, 9.17) is 0 Å². The average molecular weight is 282 g/mol.